The van der Waals surface area contributed by atoms with Crippen LogP contribution in [-0.4, -0.2) is 32.7 Å². The molecule has 0 spiro atoms. The van der Waals surface area contributed by atoms with Crippen LogP contribution in [0.3, 0.4) is 0 Å². The Balaban J connectivity index is 2.11. The lowest BCUT2D eigenvalue weighted by Gasteiger charge is -2.12. The summed E-state index contributed by atoms with van der Waals surface area (Å²) < 4.78 is 25.4. The molecule has 1 N–H and O–H groups in total. The molecule has 0 unspecified atom stereocenters. The third-order valence-corrected chi connectivity index (χ3v) is 5.19. The van der Waals surface area contributed by atoms with Crippen LogP contribution < -0.4 is 5.32 Å². The first-order chi connectivity index (χ1) is 10.8. The minimum absolute atomic E-state index is 0.149. The van der Waals surface area contributed by atoms with E-state index in [0.29, 0.717) is 5.69 Å². The van der Waals surface area contributed by atoms with Gasteiger partial charge in [0, 0.05) is 19.8 Å². The van der Waals surface area contributed by atoms with Crippen molar-refractivity contribution in [2.45, 2.75) is 18.2 Å². The number of nitrogens with zero attached hydrogens (tertiary/aromatic N) is 1. The van der Waals surface area contributed by atoms with Gasteiger partial charge in [-0.2, -0.15) is 0 Å². The Hall–Kier alpha value is -2.18. The van der Waals surface area contributed by atoms with Crippen LogP contribution in [0.1, 0.15) is 11.1 Å². The van der Waals surface area contributed by atoms with Crippen molar-refractivity contribution in [3.05, 3.63) is 59.7 Å². The molecule has 0 aliphatic heterocycles. The van der Waals surface area contributed by atoms with E-state index in [1.807, 2.05) is 31.2 Å². The number of benzene rings is 2. The van der Waals surface area contributed by atoms with Gasteiger partial charge in [-0.15, -0.1) is 0 Å². The Morgan fingerprint density at radius 1 is 1.09 bits per heavy atom. The van der Waals surface area contributed by atoms with Gasteiger partial charge in [-0.05, 0) is 30.7 Å². The minimum atomic E-state index is -3.52. The molecule has 0 saturated carbocycles. The highest BCUT2D eigenvalue weighted by Crippen LogP contribution is 2.18. The van der Waals surface area contributed by atoms with Gasteiger partial charge in [-0.3, -0.25) is 4.79 Å². The second kappa shape index (κ2) is 6.93. The normalized spacial score (nSPS) is 11.5. The summed E-state index contributed by atoms with van der Waals surface area (Å²) >= 11 is 0. The fraction of sp³-hybridized carbons (Fsp3) is 0.235. The predicted molar refractivity (Wildman–Crippen MR) is 90.8 cm³/mol. The highest BCUT2D eigenvalue weighted by Gasteiger charge is 2.17. The van der Waals surface area contributed by atoms with E-state index in [1.54, 1.807) is 12.1 Å². The molecular weight excluding hydrogens is 312 g/mol. The van der Waals surface area contributed by atoms with Crippen LogP contribution in [0.25, 0.3) is 0 Å². The van der Waals surface area contributed by atoms with Crippen LogP contribution in [-0.2, 0) is 21.2 Å². The summed E-state index contributed by atoms with van der Waals surface area (Å²) in [6, 6.07) is 14.0. The van der Waals surface area contributed by atoms with Crippen molar-refractivity contribution in [1.82, 2.24) is 4.31 Å². The highest BCUT2D eigenvalue weighted by atomic mass is 32.2. The predicted octanol–water partition coefficient (Wildman–Crippen LogP) is 2.43. The smallest absolute Gasteiger partial charge is 0.242 e. The molecule has 0 saturated heterocycles. The van der Waals surface area contributed by atoms with Gasteiger partial charge in [-0.1, -0.05) is 35.9 Å². The molecular formula is C17H20N2O3S. The van der Waals surface area contributed by atoms with E-state index in [1.165, 1.54) is 26.2 Å². The lowest BCUT2D eigenvalue weighted by atomic mass is 10.1. The largest absolute Gasteiger partial charge is 0.326 e. The van der Waals surface area contributed by atoms with E-state index in [-0.39, 0.29) is 17.2 Å². The van der Waals surface area contributed by atoms with Crippen molar-refractivity contribution < 1.29 is 13.2 Å². The maximum Gasteiger partial charge on any atom is 0.242 e. The maximum atomic E-state index is 12.1. The number of carbonyl (C=O) groups excluding carboxylic acids is 1. The highest BCUT2D eigenvalue weighted by molar-refractivity contribution is 7.89. The lowest BCUT2D eigenvalue weighted by Crippen LogP contribution is -2.22. The molecule has 5 nitrogen and oxygen atoms in total. The van der Waals surface area contributed by atoms with Crippen LogP contribution in [0.5, 0.6) is 0 Å². The third-order valence-electron chi connectivity index (χ3n) is 3.38. The van der Waals surface area contributed by atoms with Gasteiger partial charge in [0.15, 0.2) is 0 Å². The summed E-state index contributed by atoms with van der Waals surface area (Å²) in [5.41, 5.74) is 2.51. The molecule has 0 aliphatic rings. The molecule has 0 heterocycles. The first-order valence-corrected chi connectivity index (χ1v) is 8.61. The number of hydrogen-bond donors (Lipinski definition) is 1. The van der Waals surface area contributed by atoms with Crippen molar-refractivity contribution in [2.24, 2.45) is 0 Å². The molecule has 0 bridgehead atoms. The summed E-state index contributed by atoms with van der Waals surface area (Å²) in [7, 11) is -0.576. The topological polar surface area (TPSA) is 66.5 Å². The standard InChI is InChI=1S/C17H20N2O3S/c1-13-7-9-14(10-8-13)11-17(20)18-15-5-4-6-16(12-15)23(21,22)19(2)3/h4-10,12H,11H2,1-3H3,(H,18,20). The Morgan fingerprint density at radius 2 is 1.74 bits per heavy atom. The van der Waals surface area contributed by atoms with E-state index >= 15 is 0 Å². The molecule has 0 fully saturated rings. The molecule has 23 heavy (non-hydrogen) atoms. The Morgan fingerprint density at radius 3 is 2.35 bits per heavy atom. The van der Waals surface area contributed by atoms with E-state index in [0.717, 1.165) is 15.4 Å². The number of amides is 1. The van der Waals surface area contributed by atoms with Crippen molar-refractivity contribution >= 4 is 21.6 Å². The Bertz CT molecular complexity index is 797. The molecule has 1 amide bonds. The number of sulfonamides is 1. The summed E-state index contributed by atoms with van der Waals surface area (Å²) in [5.74, 6) is -0.187. The van der Waals surface area contributed by atoms with E-state index in [9.17, 15) is 13.2 Å². The molecule has 0 atom stereocenters. The molecule has 122 valence electrons. The molecule has 0 radical (unpaired) electrons. The minimum Gasteiger partial charge on any atom is -0.326 e. The molecule has 2 rings (SSSR count). The quantitative estimate of drug-likeness (QED) is 0.914. The first-order valence-electron chi connectivity index (χ1n) is 7.17. The molecule has 6 heteroatoms. The van der Waals surface area contributed by atoms with Crippen molar-refractivity contribution in [1.29, 1.82) is 0 Å². The van der Waals surface area contributed by atoms with Gasteiger partial charge in [0.05, 0.1) is 11.3 Å². The number of rotatable bonds is 5. The van der Waals surface area contributed by atoms with Gasteiger partial charge in [0.1, 0.15) is 0 Å². The van der Waals surface area contributed by atoms with Crippen molar-refractivity contribution in [3.63, 3.8) is 0 Å². The zero-order valence-corrected chi connectivity index (χ0v) is 14.2. The van der Waals surface area contributed by atoms with Crippen LogP contribution >= 0.6 is 0 Å². The summed E-state index contributed by atoms with van der Waals surface area (Å²) in [6.07, 6.45) is 0.241. The number of hydrogen-bond acceptors (Lipinski definition) is 3. The summed E-state index contributed by atoms with van der Waals surface area (Å²) in [4.78, 5) is 12.2. The van der Waals surface area contributed by atoms with Crippen LogP contribution in [0.15, 0.2) is 53.4 Å². The summed E-state index contributed by atoms with van der Waals surface area (Å²) in [6.45, 7) is 1.99. The van der Waals surface area contributed by atoms with Gasteiger partial charge >= 0.3 is 0 Å². The summed E-state index contributed by atoms with van der Waals surface area (Å²) in [5, 5.41) is 2.73. The Labute approximate surface area is 137 Å². The molecule has 2 aromatic carbocycles. The zero-order chi connectivity index (χ0) is 17.0. The van der Waals surface area contributed by atoms with Gasteiger partial charge in [0.25, 0.3) is 0 Å². The number of anilines is 1. The number of carbonyl (C=O) groups is 1. The average molecular weight is 332 g/mol. The van der Waals surface area contributed by atoms with Crippen molar-refractivity contribution in [3.8, 4) is 0 Å². The third kappa shape index (κ3) is 4.40. The monoisotopic (exact) mass is 332 g/mol. The van der Waals surface area contributed by atoms with Crippen molar-refractivity contribution in [2.75, 3.05) is 19.4 Å². The SMILES string of the molecule is Cc1ccc(CC(=O)Nc2cccc(S(=O)(=O)N(C)C)c2)cc1. The molecule has 0 aromatic heterocycles. The maximum absolute atomic E-state index is 12.1. The fourth-order valence-corrected chi connectivity index (χ4v) is 2.99. The Kier molecular flexibility index (Phi) is 5.18. The average Bonchev–Trinajstić information content (AvgIpc) is 2.49. The van der Waals surface area contributed by atoms with Gasteiger partial charge < -0.3 is 5.32 Å². The second-order valence-electron chi connectivity index (χ2n) is 5.53. The number of nitrogens with one attached hydrogen (secondary N) is 1. The molecule has 2 aromatic rings. The van der Waals surface area contributed by atoms with Crippen LogP contribution in [0.4, 0.5) is 5.69 Å². The second-order valence-corrected chi connectivity index (χ2v) is 7.68. The number of aryl methyl sites for hydroxylation is 1. The van der Waals surface area contributed by atoms with Crippen LogP contribution in [0.2, 0.25) is 0 Å². The van der Waals surface area contributed by atoms with Gasteiger partial charge in [-0.25, -0.2) is 12.7 Å². The van der Waals surface area contributed by atoms with Crippen LogP contribution in [0, 0.1) is 6.92 Å². The fourth-order valence-electron chi connectivity index (χ4n) is 2.04. The van der Waals surface area contributed by atoms with E-state index in [2.05, 4.69) is 5.32 Å². The van der Waals surface area contributed by atoms with Gasteiger partial charge in [0.2, 0.25) is 15.9 Å². The van der Waals surface area contributed by atoms with E-state index < -0.39 is 10.0 Å². The zero-order valence-electron chi connectivity index (χ0n) is 13.4. The molecule has 0 aliphatic carbocycles. The van der Waals surface area contributed by atoms with E-state index in [4.69, 9.17) is 0 Å². The first kappa shape index (κ1) is 17.2. The lowest BCUT2D eigenvalue weighted by molar-refractivity contribution is -0.115.